The number of hydrogen-bond donors (Lipinski definition) is 2. The third-order valence-electron chi connectivity index (χ3n) is 5.93. The number of aryl methyl sites for hydroxylation is 2. The van der Waals surface area contributed by atoms with Gasteiger partial charge in [0.15, 0.2) is 5.78 Å². The van der Waals surface area contributed by atoms with Crippen LogP contribution in [-0.2, 0) is 17.6 Å². The van der Waals surface area contributed by atoms with E-state index in [1.807, 2.05) is 13.8 Å². The predicted octanol–water partition coefficient (Wildman–Crippen LogP) is 6.12. The molecule has 7 nitrogen and oxygen atoms in total. The van der Waals surface area contributed by atoms with Gasteiger partial charge < -0.3 is 14.3 Å². The van der Waals surface area contributed by atoms with Gasteiger partial charge in [-0.15, -0.1) is 11.3 Å². The maximum absolute atomic E-state index is 13.1. The molecule has 0 aliphatic heterocycles. The molecule has 2 N–H and O–H groups in total. The number of carbonyl (C=O) groups excluding carboxylic acids is 2. The van der Waals surface area contributed by atoms with Gasteiger partial charge in [-0.3, -0.25) is 10.1 Å². The van der Waals surface area contributed by atoms with Crippen LogP contribution in [0.4, 0.5) is 4.79 Å². The molecule has 0 radical (unpaired) electrons. The Morgan fingerprint density at radius 1 is 1.20 bits per heavy atom. The fraction of sp³-hybridized carbons (Fsp3) is 0.519. The highest BCUT2D eigenvalue weighted by Gasteiger charge is 2.26. The monoisotopic (exact) mass is 503 g/mol. The minimum absolute atomic E-state index is 0.170. The molecule has 2 heterocycles. The molecule has 0 aliphatic carbocycles. The van der Waals surface area contributed by atoms with Crippen molar-refractivity contribution >= 4 is 23.2 Å². The van der Waals surface area contributed by atoms with E-state index in [0.717, 1.165) is 23.3 Å². The number of ether oxygens (including phenoxy) is 1. The van der Waals surface area contributed by atoms with Crippen molar-refractivity contribution in [3.8, 4) is 5.75 Å². The Kier molecular flexibility index (Phi) is 10.8. The third kappa shape index (κ3) is 8.38. The van der Waals surface area contributed by atoms with Crippen molar-refractivity contribution in [1.82, 2.24) is 5.32 Å². The lowest BCUT2D eigenvalue weighted by molar-refractivity contribution is 0.0922. The summed E-state index contributed by atoms with van der Waals surface area (Å²) in [7, 11) is 1.28. The summed E-state index contributed by atoms with van der Waals surface area (Å²) in [6.45, 7) is 10.1. The highest BCUT2D eigenvalue weighted by Crippen LogP contribution is 2.29. The van der Waals surface area contributed by atoms with Crippen LogP contribution in [0.15, 0.2) is 33.6 Å². The first-order chi connectivity index (χ1) is 16.5. The first-order valence-electron chi connectivity index (χ1n) is 12.0. The van der Waals surface area contributed by atoms with Crippen molar-refractivity contribution < 1.29 is 23.8 Å². The van der Waals surface area contributed by atoms with Crippen LogP contribution >= 0.6 is 11.3 Å². The van der Waals surface area contributed by atoms with Crippen LogP contribution < -0.4 is 10.9 Å². The topological polar surface area (TPSA) is 106 Å². The average molecular weight is 504 g/mol. The summed E-state index contributed by atoms with van der Waals surface area (Å²) in [5.41, 5.74) is 0.0571. The summed E-state index contributed by atoms with van der Waals surface area (Å²) in [5, 5.41) is 13.0. The number of hydrogen-bond acceptors (Lipinski definition) is 7. The summed E-state index contributed by atoms with van der Waals surface area (Å²) in [6, 6.07) is 3.55. The second-order valence-electron chi connectivity index (χ2n) is 9.43. The quantitative estimate of drug-likeness (QED) is 0.338. The van der Waals surface area contributed by atoms with Crippen molar-refractivity contribution in [1.29, 1.82) is 0 Å². The molecule has 2 aromatic heterocycles. The van der Waals surface area contributed by atoms with Gasteiger partial charge in [0.05, 0.1) is 7.11 Å². The molecule has 0 saturated carbocycles. The number of aromatic hydroxyl groups is 1. The fourth-order valence-electron chi connectivity index (χ4n) is 3.69. The van der Waals surface area contributed by atoms with Crippen LogP contribution in [-0.4, -0.2) is 24.1 Å². The zero-order valence-electron chi connectivity index (χ0n) is 21.5. The maximum atomic E-state index is 13.1. The molecular weight excluding hydrogens is 466 g/mol. The van der Waals surface area contributed by atoms with Crippen LogP contribution in [0.25, 0.3) is 0 Å². The number of carbonyl (C=O) groups is 2. The number of amides is 1. The van der Waals surface area contributed by atoms with E-state index < -0.39 is 23.4 Å². The molecule has 0 fully saturated rings. The number of rotatable bonds is 12. The molecule has 192 valence electrons. The lowest BCUT2D eigenvalue weighted by Crippen LogP contribution is -2.22. The Morgan fingerprint density at radius 2 is 1.91 bits per heavy atom. The number of Topliss-reactive ketones (excluding diaryl/α,β-unsaturated/α-hetero) is 1. The zero-order chi connectivity index (χ0) is 26.1. The van der Waals surface area contributed by atoms with E-state index in [1.54, 1.807) is 24.3 Å². The van der Waals surface area contributed by atoms with Crippen molar-refractivity contribution in [3.63, 3.8) is 0 Å². The summed E-state index contributed by atoms with van der Waals surface area (Å²) in [5.74, 6) is -0.442. The van der Waals surface area contributed by atoms with Gasteiger partial charge in [0.25, 0.3) is 0 Å². The Balaban J connectivity index is 2.05. The third-order valence-corrected chi connectivity index (χ3v) is 7.25. The Bertz CT molecular complexity index is 1100. The molecular formula is C27H37NO6S. The Morgan fingerprint density at radius 3 is 2.54 bits per heavy atom. The summed E-state index contributed by atoms with van der Waals surface area (Å²) < 4.78 is 9.89. The standard InChI is InChI=1S/C27H37NO6S/c1-16(2)10-11-20-13-18(4)23(35-20)14-19(5)25(30)24-21(29)15-22(34-26(24)31)17(3)9-7-8-12-28-27(32)33-6/h8,12-13,15-17,19,29H,7,9-11,14H2,1-6H3,(H,28,32)/b12-8+. The number of ketones is 1. The Labute approximate surface area is 211 Å². The summed E-state index contributed by atoms with van der Waals surface area (Å²) in [6.07, 6.45) is 6.56. The molecule has 2 atom stereocenters. The second-order valence-corrected chi connectivity index (χ2v) is 10.7. The fourth-order valence-corrected chi connectivity index (χ4v) is 5.02. The second kappa shape index (κ2) is 13.3. The molecule has 0 aromatic carbocycles. The van der Waals surface area contributed by atoms with Crippen LogP contribution in [0.1, 0.15) is 84.3 Å². The minimum Gasteiger partial charge on any atom is -0.507 e. The first-order valence-corrected chi connectivity index (χ1v) is 12.8. The molecule has 2 rings (SSSR count). The number of methoxy groups -OCH3 is 1. The van der Waals surface area contributed by atoms with Gasteiger partial charge >= 0.3 is 11.7 Å². The Hall–Kier alpha value is -2.87. The van der Waals surface area contributed by atoms with E-state index in [1.165, 1.54) is 24.3 Å². The van der Waals surface area contributed by atoms with E-state index in [9.17, 15) is 19.5 Å². The lowest BCUT2D eigenvalue weighted by atomic mass is 9.94. The number of thiophene rings is 1. The van der Waals surface area contributed by atoms with Gasteiger partial charge in [-0.1, -0.05) is 33.8 Å². The summed E-state index contributed by atoms with van der Waals surface area (Å²) >= 11 is 1.72. The highest BCUT2D eigenvalue weighted by atomic mass is 32.1. The molecule has 1 amide bonds. The molecule has 0 spiro atoms. The number of nitrogens with one attached hydrogen (secondary N) is 1. The van der Waals surface area contributed by atoms with Gasteiger partial charge in [-0.25, -0.2) is 9.59 Å². The van der Waals surface area contributed by atoms with E-state index in [0.29, 0.717) is 30.9 Å². The van der Waals surface area contributed by atoms with Crippen molar-refractivity contribution in [2.24, 2.45) is 11.8 Å². The van der Waals surface area contributed by atoms with Gasteiger partial charge in [-0.05, 0) is 56.6 Å². The van der Waals surface area contributed by atoms with E-state index in [2.05, 4.69) is 30.0 Å². The zero-order valence-corrected chi connectivity index (χ0v) is 22.3. The van der Waals surface area contributed by atoms with E-state index in [4.69, 9.17) is 4.42 Å². The molecule has 0 bridgehead atoms. The highest BCUT2D eigenvalue weighted by molar-refractivity contribution is 7.12. The maximum Gasteiger partial charge on any atom is 0.410 e. The minimum atomic E-state index is -0.813. The number of allylic oxidation sites excluding steroid dienone is 1. The molecule has 35 heavy (non-hydrogen) atoms. The molecule has 8 heteroatoms. The van der Waals surface area contributed by atoms with Gasteiger partial charge in [0, 0.05) is 33.9 Å². The molecule has 2 unspecified atom stereocenters. The lowest BCUT2D eigenvalue weighted by Gasteiger charge is -2.13. The van der Waals surface area contributed by atoms with Gasteiger partial charge in [0.1, 0.15) is 17.1 Å². The van der Waals surface area contributed by atoms with Crippen molar-refractivity contribution in [2.45, 2.75) is 72.6 Å². The largest absolute Gasteiger partial charge is 0.507 e. The van der Waals surface area contributed by atoms with Crippen LogP contribution in [0.3, 0.4) is 0 Å². The normalized spacial score (nSPS) is 13.2. The summed E-state index contributed by atoms with van der Waals surface area (Å²) in [4.78, 5) is 39.2. The van der Waals surface area contributed by atoms with E-state index in [-0.39, 0.29) is 17.2 Å². The van der Waals surface area contributed by atoms with Crippen molar-refractivity contribution in [2.75, 3.05) is 7.11 Å². The smallest absolute Gasteiger partial charge is 0.410 e. The van der Waals surface area contributed by atoms with E-state index >= 15 is 0 Å². The number of alkyl carbamates (subject to hydrolysis) is 1. The molecule has 2 aromatic rings. The molecule has 0 aliphatic rings. The van der Waals surface area contributed by atoms with Gasteiger partial charge in [-0.2, -0.15) is 0 Å². The average Bonchev–Trinajstić information content (AvgIpc) is 3.15. The SMILES string of the molecule is COC(=O)N/C=C/CCC(C)c1cc(O)c(C(=O)C(C)Cc2sc(CCC(C)C)cc2C)c(=O)o1. The van der Waals surface area contributed by atoms with Crippen LogP contribution in [0.2, 0.25) is 0 Å². The van der Waals surface area contributed by atoms with Gasteiger partial charge in [0.2, 0.25) is 0 Å². The predicted molar refractivity (Wildman–Crippen MR) is 138 cm³/mol. The van der Waals surface area contributed by atoms with Crippen molar-refractivity contribution in [3.05, 3.63) is 61.5 Å². The van der Waals surface area contributed by atoms with Crippen LogP contribution in [0.5, 0.6) is 5.75 Å². The first kappa shape index (κ1) is 28.4. The molecule has 0 saturated heterocycles. The van der Waals surface area contributed by atoms with Crippen LogP contribution in [0, 0.1) is 18.8 Å².